The van der Waals surface area contributed by atoms with Crippen LogP contribution < -0.4 is 25.2 Å². The normalized spacial score (nSPS) is 17.5. The van der Waals surface area contributed by atoms with Crippen LogP contribution in [-0.4, -0.2) is 81.4 Å². The number of nitrogens with one attached hydrogen (secondary N) is 2. The Labute approximate surface area is 243 Å². The van der Waals surface area contributed by atoms with Crippen molar-refractivity contribution in [2.75, 3.05) is 70.4 Å². The van der Waals surface area contributed by atoms with Gasteiger partial charge >= 0.3 is 0 Å². The van der Waals surface area contributed by atoms with Crippen LogP contribution in [0.3, 0.4) is 0 Å². The fraction of sp³-hybridized carbons (Fsp3) is 0.621. The van der Waals surface area contributed by atoms with Gasteiger partial charge < -0.3 is 14.5 Å². The van der Waals surface area contributed by atoms with Crippen molar-refractivity contribution in [3.63, 3.8) is 0 Å². The average molecular weight is 591 g/mol. The number of carbonyl (C=O) groups is 1. The van der Waals surface area contributed by atoms with E-state index in [1.807, 2.05) is 50.6 Å². The van der Waals surface area contributed by atoms with Crippen molar-refractivity contribution >= 4 is 25.8 Å². The largest absolute Gasteiger partial charge is 0.492 e. The number of hydroxylamine groups is 2. The van der Waals surface area contributed by atoms with Crippen LogP contribution in [0.15, 0.2) is 16.9 Å². The van der Waals surface area contributed by atoms with Gasteiger partial charge in [-0.05, 0) is 57.3 Å². The van der Waals surface area contributed by atoms with Crippen molar-refractivity contribution in [1.82, 2.24) is 20.1 Å². The highest BCUT2D eigenvalue weighted by molar-refractivity contribution is 7.49. The van der Waals surface area contributed by atoms with Crippen molar-refractivity contribution in [2.24, 2.45) is 0 Å². The molecule has 0 spiro atoms. The average Bonchev–Trinajstić information content (AvgIpc) is 2.91. The summed E-state index contributed by atoms with van der Waals surface area (Å²) in [7, 11) is 4.80. The SMILES string of the molecule is CCCc1cc(OCCNP(C)ON(C)C)cc(F)c1C1(C(C)=O)CCN(c2nc3c(c(=O)[nH]2)CCCN3C)CC1. The Hall–Kier alpha value is -2.59. The van der Waals surface area contributed by atoms with E-state index in [9.17, 15) is 9.59 Å². The van der Waals surface area contributed by atoms with Crippen LogP contribution in [0.5, 0.6) is 5.75 Å². The van der Waals surface area contributed by atoms with Gasteiger partial charge in [-0.1, -0.05) is 13.3 Å². The van der Waals surface area contributed by atoms with Crippen LogP contribution in [0.1, 0.15) is 56.2 Å². The number of fused-ring (bicyclic) bond motifs is 1. The third-order valence-corrected chi connectivity index (χ3v) is 9.23. The highest BCUT2D eigenvalue weighted by Gasteiger charge is 2.44. The van der Waals surface area contributed by atoms with E-state index in [0.717, 1.165) is 42.8 Å². The first-order valence-corrected chi connectivity index (χ1v) is 16.1. The Morgan fingerprint density at radius 3 is 2.66 bits per heavy atom. The molecule has 2 N–H and O–H groups in total. The Morgan fingerprint density at radius 1 is 1.27 bits per heavy atom. The summed E-state index contributed by atoms with van der Waals surface area (Å²) in [5, 5.41) is 4.92. The number of piperidine rings is 1. The molecule has 0 bridgehead atoms. The van der Waals surface area contributed by atoms with Gasteiger partial charge in [0.25, 0.3) is 5.56 Å². The maximum Gasteiger partial charge on any atom is 0.257 e. The number of carbonyl (C=O) groups excluding carboxylic acids is 1. The van der Waals surface area contributed by atoms with Crippen LogP contribution >= 0.6 is 8.30 Å². The van der Waals surface area contributed by atoms with Crippen LogP contribution in [0.25, 0.3) is 0 Å². The highest BCUT2D eigenvalue weighted by Crippen LogP contribution is 2.42. The first-order valence-electron chi connectivity index (χ1n) is 14.4. The molecule has 1 saturated heterocycles. The summed E-state index contributed by atoms with van der Waals surface area (Å²) in [6, 6.07) is 3.30. The van der Waals surface area contributed by atoms with Crippen LogP contribution in [0.2, 0.25) is 0 Å². The number of benzene rings is 1. The Bertz CT molecular complexity index is 1280. The van der Waals surface area contributed by atoms with E-state index in [2.05, 4.69) is 10.1 Å². The lowest BCUT2D eigenvalue weighted by atomic mass is 9.68. The van der Waals surface area contributed by atoms with E-state index in [1.165, 1.54) is 6.07 Å². The topological polar surface area (TPSA) is 103 Å². The van der Waals surface area contributed by atoms with Crippen LogP contribution in [0, 0.1) is 5.82 Å². The summed E-state index contributed by atoms with van der Waals surface area (Å²) in [6.45, 7) is 8.32. The molecule has 41 heavy (non-hydrogen) atoms. The summed E-state index contributed by atoms with van der Waals surface area (Å²) < 4.78 is 27.4. The van der Waals surface area contributed by atoms with Gasteiger partial charge in [0.2, 0.25) is 5.95 Å². The minimum Gasteiger partial charge on any atom is -0.492 e. The molecule has 12 heteroatoms. The molecule has 0 saturated carbocycles. The third kappa shape index (κ3) is 7.08. The number of hydrogen-bond acceptors (Lipinski definition) is 9. The van der Waals surface area contributed by atoms with E-state index in [1.54, 1.807) is 12.0 Å². The number of ketones is 1. The molecule has 1 fully saturated rings. The quantitative estimate of drug-likeness (QED) is 0.217. The van der Waals surface area contributed by atoms with Crippen LogP contribution in [-0.2, 0) is 27.7 Å². The Balaban J connectivity index is 1.53. The van der Waals surface area contributed by atoms with Crippen molar-refractivity contribution in [3.05, 3.63) is 45.0 Å². The minimum absolute atomic E-state index is 0.0462. The fourth-order valence-corrected chi connectivity index (χ4v) is 6.96. The molecule has 0 aliphatic carbocycles. The predicted molar refractivity (Wildman–Crippen MR) is 162 cm³/mol. The van der Waals surface area contributed by atoms with Gasteiger partial charge in [0, 0.05) is 59.0 Å². The summed E-state index contributed by atoms with van der Waals surface area (Å²) in [6.07, 6.45) is 3.97. The number of aryl methyl sites for hydroxylation is 1. The molecular weight excluding hydrogens is 546 g/mol. The van der Waals surface area contributed by atoms with E-state index in [4.69, 9.17) is 14.3 Å². The van der Waals surface area contributed by atoms with Gasteiger partial charge in [-0.3, -0.25) is 24.3 Å². The summed E-state index contributed by atoms with van der Waals surface area (Å²) in [4.78, 5) is 37.9. The molecule has 4 rings (SSSR count). The van der Waals surface area contributed by atoms with Crippen LogP contribution in [0.4, 0.5) is 16.2 Å². The number of ether oxygens (including phenoxy) is 1. The molecule has 3 heterocycles. The molecule has 2 aromatic rings. The van der Waals surface area contributed by atoms with E-state index < -0.39 is 19.5 Å². The smallest absolute Gasteiger partial charge is 0.257 e. The standard InChI is InChI=1S/C29H44FN6O4P/c1-7-9-21-18-22(39-17-13-31-41(6)40-34(3)4)19-24(30)25(21)29(20(2)37)11-15-36(16-12-29)28-32-26-23(27(38)33-28)10-8-14-35(26)5/h18-19,31H,7-17H2,1-6H3,(H,32,33,38). The predicted octanol–water partition coefficient (Wildman–Crippen LogP) is 3.77. The van der Waals surface area contributed by atoms with Crippen molar-refractivity contribution in [3.8, 4) is 5.75 Å². The van der Waals surface area contributed by atoms with Gasteiger partial charge in [0.15, 0.2) is 0 Å². The molecule has 1 aromatic heterocycles. The highest BCUT2D eigenvalue weighted by atomic mass is 31.2. The summed E-state index contributed by atoms with van der Waals surface area (Å²) in [5.74, 6) is 1.24. The molecule has 1 aromatic carbocycles. The molecular formula is C29H44FN6O4P. The lowest BCUT2D eigenvalue weighted by molar-refractivity contribution is -0.123. The van der Waals surface area contributed by atoms with Gasteiger partial charge in [-0.2, -0.15) is 10.0 Å². The second-order valence-electron chi connectivity index (χ2n) is 11.2. The first-order chi connectivity index (χ1) is 19.6. The zero-order valence-corrected chi connectivity index (χ0v) is 26.1. The summed E-state index contributed by atoms with van der Waals surface area (Å²) in [5.41, 5.74) is 0.967. The molecule has 226 valence electrons. The van der Waals surface area contributed by atoms with Gasteiger partial charge in [-0.15, -0.1) is 0 Å². The monoisotopic (exact) mass is 590 g/mol. The lowest BCUT2D eigenvalue weighted by Crippen LogP contribution is -2.48. The second-order valence-corrected chi connectivity index (χ2v) is 12.7. The molecule has 0 amide bonds. The number of aromatic amines is 1. The second kappa shape index (κ2) is 13.6. The number of nitrogens with zero attached hydrogens (tertiary/aromatic N) is 4. The number of Topliss-reactive ketones (excluding diaryl/α,β-unsaturated/α-hetero) is 1. The minimum atomic E-state index is -0.946. The fourth-order valence-electron chi connectivity index (χ4n) is 6.01. The molecule has 2 aliphatic heterocycles. The van der Waals surface area contributed by atoms with E-state index in [0.29, 0.717) is 62.8 Å². The van der Waals surface area contributed by atoms with Gasteiger partial charge in [-0.25, -0.2) is 4.39 Å². The molecule has 0 radical (unpaired) electrons. The van der Waals surface area contributed by atoms with Gasteiger partial charge in [0.05, 0.1) is 11.0 Å². The number of anilines is 2. The van der Waals surface area contributed by atoms with Crippen molar-refractivity contribution in [2.45, 2.75) is 57.8 Å². The third-order valence-electron chi connectivity index (χ3n) is 7.99. The zero-order valence-electron chi connectivity index (χ0n) is 25.2. The Kier molecular flexibility index (Phi) is 10.4. The Morgan fingerprint density at radius 2 is 2.00 bits per heavy atom. The molecule has 10 nitrogen and oxygen atoms in total. The first kappa shape index (κ1) is 31.3. The molecule has 1 atom stereocenters. The van der Waals surface area contributed by atoms with Crippen molar-refractivity contribution in [1.29, 1.82) is 0 Å². The molecule has 1 unspecified atom stereocenters. The maximum absolute atomic E-state index is 16.0. The maximum atomic E-state index is 16.0. The van der Waals surface area contributed by atoms with Gasteiger partial charge in [0.1, 0.15) is 38.1 Å². The number of hydrogen-bond donors (Lipinski definition) is 2. The number of halogens is 1. The summed E-state index contributed by atoms with van der Waals surface area (Å²) >= 11 is 0. The lowest BCUT2D eigenvalue weighted by Gasteiger charge is -2.42. The zero-order chi connectivity index (χ0) is 29.7. The number of aromatic nitrogens is 2. The van der Waals surface area contributed by atoms with Crippen molar-refractivity contribution < 1.29 is 18.5 Å². The molecule has 2 aliphatic rings. The number of H-pyrrole nitrogens is 1. The number of rotatable bonds is 12. The van der Waals surface area contributed by atoms with E-state index in [-0.39, 0.29) is 11.3 Å². The van der Waals surface area contributed by atoms with E-state index >= 15 is 4.39 Å².